The zero-order valence-electron chi connectivity index (χ0n) is 21.5. The molecule has 0 saturated heterocycles. The van der Waals surface area contributed by atoms with E-state index in [-0.39, 0.29) is 6.10 Å². The molecule has 5 rings (SSSR count). The van der Waals surface area contributed by atoms with Gasteiger partial charge in [-0.3, -0.25) is 0 Å². The van der Waals surface area contributed by atoms with Crippen LogP contribution in [0.4, 0.5) is 0 Å². The lowest BCUT2D eigenvalue weighted by atomic mass is 9.43. The fraction of sp³-hybridized carbons (Fsp3) is 0.933. The summed E-state index contributed by atoms with van der Waals surface area (Å²) >= 11 is 0. The van der Waals surface area contributed by atoms with E-state index in [2.05, 4.69) is 48.1 Å². The maximum atomic E-state index is 10.6. The second-order valence-electron chi connectivity index (χ2n) is 14.0. The molecule has 2 spiro atoms. The van der Waals surface area contributed by atoms with Gasteiger partial charge in [0, 0.05) is 0 Å². The van der Waals surface area contributed by atoms with E-state index in [4.69, 9.17) is 0 Å². The zero-order valence-corrected chi connectivity index (χ0v) is 21.5. The molecular formula is C30H50O. The summed E-state index contributed by atoms with van der Waals surface area (Å²) in [6.07, 6.45) is 15.1. The van der Waals surface area contributed by atoms with E-state index < -0.39 is 0 Å². The van der Waals surface area contributed by atoms with Gasteiger partial charge in [0.2, 0.25) is 0 Å². The summed E-state index contributed by atoms with van der Waals surface area (Å²) in [5.74, 6) is 4.63. The highest BCUT2D eigenvalue weighted by molar-refractivity contribution is 5.29. The molecule has 5 aliphatic rings. The van der Waals surface area contributed by atoms with Gasteiger partial charge in [-0.2, -0.15) is 0 Å². The molecule has 0 aromatic carbocycles. The van der Waals surface area contributed by atoms with Gasteiger partial charge in [-0.25, -0.2) is 0 Å². The van der Waals surface area contributed by atoms with Crippen LogP contribution in [0.25, 0.3) is 0 Å². The van der Waals surface area contributed by atoms with Crippen molar-refractivity contribution in [1.82, 2.24) is 0 Å². The standard InChI is InChI=1S/C30H50O/c1-19(2)20(3)8-9-21(4)23-12-14-28(7)26-11-10-24-22(5)25(31)13-15-29(24)18-30(26,29)17-16-27(23,28)6/h19,21-26,31H,3,8-18H2,1-2,4-7H3/t21-,22+,23?,24?,25+,26?,27-,28+,29+,30+/m1/s1. The number of hydrogen-bond donors (Lipinski definition) is 1. The summed E-state index contributed by atoms with van der Waals surface area (Å²) in [4.78, 5) is 0. The quantitative estimate of drug-likeness (QED) is 0.441. The Morgan fingerprint density at radius 3 is 2.39 bits per heavy atom. The predicted octanol–water partition coefficient (Wildman–Crippen LogP) is 8.02. The van der Waals surface area contributed by atoms with Gasteiger partial charge >= 0.3 is 0 Å². The summed E-state index contributed by atoms with van der Waals surface area (Å²) in [7, 11) is 0. The Morgan fingerprint density at radius 1 is 0.935 bits per heavy atom. The van der Waals surface area contributed by atoms with Crippen LogP contribution < -0.4 is 0 Å². The van der Waals surface area contributed by atoms with Crippen molar-refractivity contribution < 1.29 is 5.11 Å². The van der Waals surface area contributed by atoms with E-state index in [0.717, 1.165) is 30.1 Å². The van der Waals surface area contributed by atoms with Crippen molar-refractivity contribution in [2.75, 3.05) is 0 Å². The Labute approximate surface area is 192 Å². The second kappa shape index (κ2) is 7.10. The summed E-state index contributed by atoms with van der Waals surface area (Å²) in [6, 6.07) is 0. The Hall–Kier alpha value is -0.300. The van der Waals surface area contributed by atoms with Gasteiger partial charge in [0.15, 0.2) is 0 Å². The summed E-state index contributed by atoms with van der Waals surface area (Å²) in [5, 5.41) is 10.6. The number of rotatable bonds is 5. The van der Waals surface area contributed by atoms with Crippen LogP contribution in [-0.4, -0.2) is 11.2 Å². The van der Waals surface area contributed by atoms with E-state index in [9.17, 15) is 5.11 Å². The molecule has 31 heavy (non-hydrogen) atoms. The highest BCUT2D eigenvalue weighted by Crippen LogP contribution is 2.88. The van der Waals surface area contributed by atoms with E-state index in [0.29, 0.717) is 33.5 Å². The van der Waals surface area contributed by atoms with Crippen molar-refractivity contribution in [1.29, 1.82) is 0 Å². The summed E-state index contributed by atoms with van der Waals surface area (Å²) in [5.41, 5.74) is 3.76. The third-order valence-corrected chi connectivity index (χ3v) is 13.1. The third-order valence-electron chi connectivity index (χ3n) is 13.1. The Kier molecular flexibility index (Phi) is 5.15. The largest absolute Gasteiger partial charge is 0.393 e. The van der Waals surface area contributed by atoms with Crippen molar-refractivity contribution in [3.8, 4) is 0 Å². The fourth-order valence-electron chi connectivity index (χ4n) is 10.9. The maximum absolute atomic E-state index is 10.6. The van der Waals surface area contributed by atoms with Crippen LogP contribution in [0.1, 0.15) is 112 Å². The highest BCUT2D eigenvalue weighted by atomic mass is 16.3. The van der Waals surface area contributed by atoms with Crippen LogP contribution in [0.2, 0.25) is 0 Å². The first kappa shape index (κ1) is 22.5. The molecule has 0 aromatic rings. The molecule has 10 atom stereocenters. The molecular weight excluding hydrogens is 376 g/mol. The van der Waals surface area contributed by atoms with Crippen LogP contribution in [0.3, 0.4) is 0 Å². The van der Waals surface area contributed by atoms with Gasteiger partial charge in [-0.05, 0) is 128 Å². The molecule has 5 saturated carbocycles. The van der Waals surface area contributed by atoms with E-state index in [1.807, 2.05) is 0 Å². The first-order chi connectivity index (χ1) is 14.5. The van der Waals surface area contributed by atoms with Crippen molar-refractivity contribution in [2.24, 2.45) is 57.2 Å². The second-order valence-corrected chi connectivity index (χ2v) is 14.0. The SMILES string of the molecule is C=C(CC[C@@H](C)C1CC[C@@]2(C)C3CCC4[C@H](C)[C@@H](O)CC[C@]45C[C@@]35CC[C@]12C)C(C)C. The van der Waals surface area contributed by atoms with Crippen molar-refractivity contribution in [3.05, 3.63) is 12.2 Å². The fourth-order valence-corrected chi connectivity index (χ4v) is 10.9. The van der Waals surface area contributed by atoms with Crippen LogP contribution in [-0.2, 0) is 0 Å². The highest BCUT2D eigenvalue weighted by Gasteiger charge is 2.81. The van der Waals surface area contributed by atoms with Gasteiger partial charge in [-0.15, -0.1) is 0 Å². The van der Waals surface area contributed by atoms with Gasteiger partial charge < -0.3 is 5.11 Å². The minimum atomic E-state index is -0.0356. The molecule has 1 heteroatoms. The average molecular weight is 427 g/mol. The van der Waals surface area contributed by atoms with Gasteiger partial charge in [0.05, 0.1) is 6.10 Å². The van der Waals surface area contributed by atoms with E-state index in [1.54, 1.807) is 0 Å². The minimum absolute atomic E-state index is 0.0356. The number of allylic oxidation sites excluding steroid dienone is 1. The first-order valence-corrected chi connectivity index (χ1v) is 13.9. The predicted molar refractivity (Wildman–Crippen MR) is 131 cm³/mol. The van der Waals surface area contributed by atoms with Gasteiger partial charge in [-0.1, -0.05) is 53.7 Å². The number of hydrogen-bond acceptors (Lipinski definition) is 1. The molecule has 0 aromatic heterocycles. The molecule has 0 amide bonds. The monoisotopic (exact) mass is 426 g/mol. The topological polar surface area (TPSA) is 20.2 Å². The van der Waals surface area contributed by atoms with Crippen LogP contribution in [0.15, 0.2) is 12.2 Å². The zero-order chi connectivity index (χ0) is 22.4. The Morgan fingerprint density at radius 2 is 1.68 bits per heavy atom. The average Bonchev–Trinajstić information content (AvgIpc) is 3.31. The minimum Gasteiger partial charge on any atom is -0.393 e. The molecule has 176 valence electrons. The van der Waals surface area contributed by atoms with Crippen LogP contribution in [0.5, 0.6) is 0 Å². The van der Waals surface area contributed by atoms with Crippen LogP contribution in [0, 0.1) is 57.2 Å². The molecule has 0 radical (unpaired) electrons. The summed E-state index contributed by atoms with van der Waals surface area (Å²) < 4.78 is 0. The smallest absolute Gasteiger partial charge is 0.0568 e. The lowest BCUT2D eigenvalue weighted by Gasteiger charge is -2.62. The van der Waals surface area contributed by atoms with Crippen LogP contribution >= 0.6 is 0 Å². The molecule has 0 aliphatic heterocycles. The summed E-state index contributed by atoms with van der Waals surface area (Å²) in [6.45, 7) is 19.4. The molecule has 0 heterocycles. The van der Waals surface area contributed by atoms with Gasteiger partial charge in [0.1, 0.15) is 0 Å². The Bertz CT molecular complexity index is 739. The normalized spacial score (nSPS) is 53.9. The third kappa shape index (κ3) is 2.77. The lowest BCUT2D eigenvalue weighted by molar-refractivity contribution is -0.142. The van der Waals surface area contributed by atoms with Crippen molar-refractivity contribution in [3.63, 3.8) is 0 Å². The molecule has 0 bridgehead atoms. The molecule has 5 fully saturated rings. The van der Waals surface area contributed by atoms with E-state index in [1.165, 1.54) is 69.8 Å². The number of fused-ring (bicyclic) bond motifs is 2. The number of aliphatic hydroxyl groups excluding tert-OH is 1. The first-order valence-electron chi connectivity index (χ1n) is 13.9. The van der Waals surface area contributed by atoms with E-state index >= 15 is 0 Å². The lowest BCUT2D eigenvalue weighted by Crippen LogP contribution is -2.55. The van der Waals surface area contributed by atoms with Crippen molar-refractivity contribution >= 4 is 0 Å². The molecule has 1 nitrogen and oxygen atoms in total. The molecule has 3 unspecified atom stereocenters. The Balaban J connectivity index is 1.37. The van der Waals surface area contributed by atoms with Crippen molar-refractivity contribution in [2.45, 2.75) is 118 Å². The van der Waals surface area contributed by atoms with Gasteiger partial charge in [0.25, 0.3) is 0 Å². The number of aliphatic hydroxyl groups is 1. The molecule has 1 N–H and O–H groups in total. The maximum Gasteiger partial charge on any atom is 0.0568 e. The molecule has 5 aliphatic carbocycles.